The zero-order valence-corrected chi connectivity index (χ0v) is 20.9. The van der Waals surface area contributed by atoms with Gasteiger partial charge in [0.2, 0.25) is 0 Å². The van der Waals surface area contributed by atoms with Crippen LogP contribution in [0, 0.1) is 5.92 Å². The van der Waals surface area contributed by atoms with Gasteiger partial charge in [-0.25, -0.2) is 0 Å². The van der Waals surface area contributed by atoms with Gasteiger partial charge in [0, 0.05) is 18.5 Å². The maximum atomic E-state index is 13.5. The first-order valence-electron chi connectivity index (χ1n) is 12.6. The summed E-state index contributed by atoms with van der Waals surface area (Å²) < 4.78 is 16.5. The van der Waals surface area contributed by atoms with E-state index in [4.69, 9.17) is 19.9 Å². The van der Waals surface area contributed by atoms with Crippen LogP contribution in [0.3, 0.4) is 0 Å². The summed E-state index contributed by atoms with van der Waals surface area (Å²) in [6.45, 7) is 5.30. The zero-order chi connectivity index (χ0) is 25.0. The Hall–Kier alpha value is -2.90. The van der Waals surface area contributed by atoms with Crippen LogP contribution >= 0.6 is 0 Å². The summed E-state index contributed by atoms with van der Waals surface area (Å²) in [6.07, 6.45) is 4.39. The average Bonchev–Trinajstić information content (AvgIpc) is 3.41. The van der Waals surface area contributed by atoms with E-state index >= 15 is 0 Å². The molecule has 1 saturated heterocycles. The lowest BCUT2D eigenvalue weighted by Crippen LogP contribution is -2.47. The molecule has 1 heterocycles. The summed E-state index contributed by atoms with van der Waals surface area (Å²) >= 11 is 0. The largest absolute Gasteiger partial charge is 0.497 e. The van der Waals surface area contributed by atoms with Gasteiger partial charge in [0.05, 0.1) is 32.3 Å². The number of carbonyl (C=O) groups is 2. The van der Waals surface area contributed by atoms with Crippen molar-refractivity contribution in [2.24, 2.45) is 11.7 Å². The number of Topliss-reactive ketones (excluding diaryl/α,β-unsaturated/α-hetero) is 2. The Morgan fingerprint density at radius 2 is 1.49 bits per heavy atom. The molecule has 7 nitrogen and oxygen atoms in total. The molecule has 1 fully saturated rings. The van der Waals surface area contributed by atoms with Crippen molar-refractivity contribution in [3.63, 3.8) is 0 Å². The van der Waals surface area contributed by atoms with E-state index in [-0.39, 0.29) is 24.6 Å². The average molecular weight is 483 g/mol. The lowest BCUT2D eigenvalue weighted by atomic mass is 9.87. The normalized spacial score (nSPS) is 15.4. The molecule has 1 aliphatic heterocycles. The first kappa shape index (κ1) is 26.7. The van der Waals surface area contributed by atoms with Crippen LogP contribution in [0.4, 0.5) is 0 Å². The summed E-state index contributed by atoms with van der Waals surface area (Å²) in [6, 6.07) is 13.5. The van der Waals surface area contributed by atoms with Crippen molar-refractivity contribution in [1.82, 2.24) is 4.90 Å². The molecule has 3 rings (SSSR count). The first-order valence-corrected chi connectivity index (χ1v) is 12.6. The van der Waals surface area contributed by atoms with Crippen LogP contribution in [-0.4, -0.2) is 62.5 Å². The minimum Gasteiger partial charge on any atom is -0.497 e. The van der Waals surface area contributed by atoms with Gasteiger partial charge < -0.3 is 24.8 Å². The first-order chi connectivity index (χ1) is 17.0. The van der Waals surface area contributed by atoms with Gasteiger partial charge in [-0.05, 0) is 80.9 Å². The highest BCUT2D eigenvalue weighted by Gasteiger charge is 2.33. The second-order valence-electron chi connectivity index (χ2n) is 8.97. The number of rotatable bonds is 15. The van der Waals surface area contributed by atoms with E-state index in [0.717, 1.165) is 50.3 Å². The summed E-state index contributed by atoms with van der Waals surface area (Å²) in [7, 11) is 1.60. The summed E-state index contributed by atoms with van der Waals surface area (Å²) in [5.74, 6) is 1.25. The van der Waals surface area contributed by atoms with Crippen LogP contribution < -0.4 is 19.9 Å². The Balaban J connectivity index is 1.61. The maximum Gasteiger partial charge on any atom is 0.169 e. The molecule has 0 spiro atoms. The van der Waals surface area contributed by atoms with Gasteiger partial charge in [-0.2, -0.15) is 0 Å². The van der Waals surface area contributed by atoms with Crippen LogP contribution in [0.15, 0.2) is 48.5 Å². The molecule has 2 aromatic rings. The van der Waals surface area contributed by atoms with Crippen molar-refractivity contribution in [3.05, 3.63) is 54.1 Å². The van der Waals surface area contributed by atoms with Crippen molar-refractivity contribution >= 4 is 11.6 Å². The summed E-state index contributed by atoms with van der Waals surface area (Å²) in [4.78, 5) is 28.7. The Labute approximate surface area is 208 Å². The molecule has 0 amide bonds. The van der Waals surface area contributed by atoms with Gasteiger partial charge >= 0.3 is 0 Å². The number of methoxy groups -OCH3 is 1. The van der Waals surface area contributed by atoms with E-state index in [0.29, 0.717) is 24.5 Å². The van der Waals surface area contributed by atoms with Gasteiger partial charge in [0.15, 0.2) is 11.6 Å². The number of nitrogens with two attached hydrogens (primary N) is 1. The lowest BCUT2D eigenvalue weighted by Gasteiger charge is -2.27. The quantitative estimate of drug-likeness (QED) is 0.301. The van der Waals surface area contributed by atoms with E-state index in [2.05, 4.69) is 11.8 Å². The third-order valence-corrected chi connectivity index (χ3v) is 6.38. The molecule has 7 heteroatoms. The number of hydrogen-bond acceptors (Lipinski definition) is 7. The van der Waals surface area contributed by atoms with E-state index in [1.165, 1.54) is 0 Å². The second-order valence-corrected chi connectivity index (χ2v) is 8.97. The maximum absolute atomic E-state index is 13.5. The van der Waals surface area contributed by atoms with Crippen LogP contribution in [0.2, 0.25) is 0 Å². The van der Waals surface area contributed by atoms with Gasteiger partial charge in [-0.3, -0.25) is 9.59 Å². The van der Waals surface area contributed by atoms with Gasteiger partial charge in [0.25, 0.3) is 0 Å². The number of ether oxygens (including phenoxy) is 3. The molecule has 2 atom stereocenters. The van der Waals surface area contributed by atoms with Crippen molar-refractivity contribution in [3.8, 4) is 17.2 Å². The highest BCUT2D eigenvalue weighted by Crippen LogP contribution is 2.21. The lowest BCUT2D eigenvalue weighted by molar-refractivity contribution is -0.121. The highest BCUT2D eigenvalue weighted by molar-refractivity contribution is 6.02. The standard InChI is InChI=1S/C28H38N2O5/c1-3-4-18-34-23-9-7-21(8-10-23)28(32)25(20-30-16-5-6-17-30)27(29)26(31)15-19-35-24-13-11-22(33-2)12-14-24/h7-14,25,27H,3-6,15-20,29H2,1-2H3. The number of likely N-dealkylation sites (tertiary alicyclic amines) is 1. The molecule has 0 bridgehead atoms. The molecular weight excluding hydrogens is 444 g/mol. The number of ketones is 2. The Kier molecular flexibility index (Phi) is 10.6. The molecule has 0 aromatic heterocycles. The molecule has 0 aliphatic carbocycles. The van der Waals surface area contributed by atoms with Crippen molar-refractivity contribution in [1.29, 1.82) is 0 Å². The molecule has 0 saturated carbocycles. The Morgan fingerprint density at radius 1 is 0.914 bits per heavy atom. The van der Waals surface area contributed by atoms with Crippen LogP contribution in [0.1, 0.15) is 49.4 Å². The van der Waals surface area contributed by atoms with Crippen LogP contribution in [-0.2, 0) is 4.79 Å². The third kappa shape index (κ3) is 8.08. The second kappa shape index (κ2) is 13.9. The Bertz CT molecular complexity index is 923. The predicted octanol–water partition coefficient (Wildman–Crippen LogP) is 4.13. The molecule has 35 heavy (non-hydrogen) atoms. The van der Waals surface area contributed by atoms with E-state index < -0.39 is 12.0 Å². The number of hydrogen-bond donors (Lipinski definition) is 1. The SMILES string of the molecule is CCCCOc1ccc(C(=O)C(CN2CCCC2)C(N)C(=O)CCOc2ccc(OC)cc2)cc1. The van der Waals surface area contributed by atoms with Crippen molar-refractivity contribution < 1.29 is 23.8 Å². The number of unbranched alkanes of at least 4 members (excludes halogenated alkanes) is 1. The molecule has 0 radical (unpaired) electrons. The van der Waals surface area contributed by atoms with Crippen molar-refractivity contribution in [2.75, 3.05) is 40.0 Å². The fraction of sp³-hybridized carbons (Fsp3) is 0.500. The molecule has 2 N–H and O–H groups in total. The Morgan fingerprint density at radius 3 is 2.09 bits per heavy atom. The van der Waals surface area contributed by atoms with E-state index in [1.54, 1.807) is 43.5 Å². The van der Waals surface area contributed by atoms with Crippen LogP contribution in [0.25, 0.3) is 0 Å². The predicted molar refractivity (Wildman–Crippen MR) is 136 cm³/mol. The number of benzene rings is 2. The van der Waals surface area contributed by atoms with E-state index in [9.17, 15) is 9.59 Å². The monoisotopic (exact) mass is 482 g/mol. The van der Waals surface area contributed by atoms with E-state index in [1.807, 2.05) is 12.1 Å². The smallest absolute Gasteiger partial charge is 0.169 e. The summed E-state index contributed by atoms with van der Waals surface area (Å²) in [5.41, 5.74) is 6.96. The fourth-order valence-electron chi connectivity index (χ4n) is 4.20. The third-order valence-electron chi connectivity index (χ3n) is 6.38. The minimum absolute atomic E-state index is 0.103. The van der Waals surface area contributed by atoms with Gasteiger partial charge in [-0.15, -0.1) is 0 Å². The fourth-order valence-corrected chi connectivity index (χ4v) is 4.20. The minimum atomic E-state index is -0.886. The summed E-state index contributed by atoms with van der Waals surface area (Å²) in [5, 5.41) is 0. The van der Waals surface area contributed by atoms with Gasteiger partial charge in [-0.1, -0.05) is 13.3 Å². The zero-order valence-electron chi connectivity index (χ0n) is 20.9. The van der Waals surface area contributed by atoms with Crippen LogP contribution in [0.5, 0.6) is 17.2 Å². The topological polar surface area (TPSA) is 91.1 Å². The van der Waals surface area contributed by atoms with Crippen molar-refractivity contribution in [2.45, 2.75) is 45.1 Å². The highest BCUT2D eigenvalue weighted by atomic mass is 16.5. The molecule has 1 aliphatic rings. The number of carbonyl (C=O) groups excluding carboxylic acids is 2. The molecule has 2 unspecified atom stereocenters. The number of nitrogens with zero attached hydrogens (tertiary/aromatic N) is 1. The van der Waals surface area contributed by atoms with Gasteiger partial charge in [0.1, 0.15) is 17.2 Å². The molecular formula is C28H38N2O5. The molecule has 2 aromatic carbocycles. The molecule has 190 valence electrons.